The molecule has 1 N–H and O–H groups in total. The molecule has 0 spiro atoms. The molecule has 0 aliphatic heterocycles. The van der Waals surface area contributed by atoms with Crippen molar-refractivity contribution in [2.24, 2.45) is 0 Å². The van der Waals surface area contributed by atoms with Crippen LogP contribution in [-0.2, 0) is 26.1 Å². The Bertz CT molecular complexity index is 667. The third-order valence-corrected chi connectivity index (χ3v) is 5.76. The second kappa shape index (κ2) is 10.0. The van der Waals surface area contributed by atoms with Gasteiger partial charge >= 0.3 is 0 Å². The van der Waals surface area contributed by atoms with Gasteiger partial charge in [-0.2, -0.15) is 4.31 Å². The number of nitrogens with zero attached hydrogens (tertiary/aromatic N) is 1. The monoisotopic (exact) mass is 382 g/mol. The lowest BCUT2D eigenvalue weighted by Crippen LogP contribution is -2.40. The van der Waals surface area contributed by atoms with Crippen molar-refractivity contribution in [3.63, 3.8) is 0 Å². The summed E-state index contributed by atoms with van der Waals surface area (Å²) in [5.41, 5.74) is 1.97. The van der Waals surface area contributed by atoms with Gasteiger partial charge in [0.2, 0.25) is 15.9 Å². The average Bonchev–Trinajstić information content (AvgIpc) is 3.08. The van der Waals surface area contributed by atoms with E-state index in [0.29, 0.717) is 19.3 Å². The molecule has 146 valence electrons. The Morgan fingerprint density at radius 2 is 1.88 bits per heavy atom. The summed E-state index contributed by atoms with van der Waals surface area (Å²) in [6.07, 6.45) is 6.99. The standard InChI is InChI=1S/C19H30N2O4S/c1-16-8-10-17(11-9-16)14-21(26(2,23)24)15-19(22)20-12-5-13-25-18-6-3-4-7-18/h8-11,18H,3-7,12-15H2,1-2H3,(H,20,22). The topological polar surface area (TPSA) is 75.7 Å². The first-order valence-corrected chi connectivity index (χ1v) is 11.1. The Kier molecular flexibility index (Phi) is 8.06. The highest BCUT2D eigenvalue weighted by molar-refractivity contribution is 7.88. The third kappa shape index (κ3) is 7.43. The summed E-state index contributed by atoms with van der Waals surface area (Å²) in [4.78, 5) is 12.1. The fourth-order valence-electron chi connectivity index (χ4n) is 3.01. The van der Waals surface area contributed by atoms with Crippen LogP contribution in [0, 0.1) is 6.92 Å². The fourth-order valence-corrected chi connectivity index (χ4v) is 3.74. The van der Waals surface area contributed by atoms with Gasteiger partial charge < -0.3 is 10.1 Å². The van der Waals surface area contributed by atoms with Gasteiger partial charge in [0.05, 0.1) is 18.9 Å². The molecule has 0 aromatic heterocycles. The SMILES string of the molecule is Cc1ccc(CN(CC(=O)NCCCOC2CCCC2)S(C)(=O)=O)cc1. The molecule has 1 saturated carbocycles. The molecule has 0 bridgehead atoms. The van der Waals surface area contributed by atoms with Crippen molar-refractivity contribution >= 4 is 15.9 Å². The van der Waals surface area contributed by atoms with Crippen LogP contribution < -0.4 is 5.32 Å². The zero-order chi connectivity index (χ0) is 19.0. The van der Waals surface area contributed by atoms with Gasteiger partial charge in [0, 0.05) is 19.7 Å². The van der Waals surface area contributed by atoms with Crippen LogP contribution >= 0.6 is 0 Å². The number of carbonyl (C=O) groups excluding carboxylic acids is 1. The van der Waals surface area contributed by atoms with Gasteiger partial charge in [-0.1, -0.05) is 42.7 Å². The van der Waals surface area contributed by atoms with Gasteiger partial charge in [-0.25, -0.2) is 8.42 Å². The molecule has 0 heterocycles. The van der Waals surface area contributed by atoms with E-state index < -0.39 is 10.0 Å². The molecule has 1 fully saturated rings. The number of rotatable bonds is 10. The van der Waals surface area contributed by atoms with E-state index in [-0.39, 0.29) is 19.0 Å². The lowest BCUT2D eigenvalue weighted by Gasteiger charge is -2.20. The predicted molar refractivity (Wildman–Crippen MR) is 102 cm³/mol. The van der Waals surface area contributed by atoms with Gasteiger partial charge in [0.1, 0.15) is 0 Å². The Morgan fingerprint density at radius 3 is 2.50 bits per heavy atom. The van der Waals surface area contributed by atoms with Crippen LogP contribution in [0.3, 0.4) is 0 Å². The van der Waals surface area contributed by atoms with Crippen LogP contribution in [-0.4, -0.2) is 50.7 Å². The van der Waals surface area contributed by atoms with Crippen LogP contribution in [0.1, 0.15) is 43.2 Å². The number of sulfonamides is 1. The van der Waals surface area contributed by atoms with E-state index in [1.807, 2.05) is 31.2 Å². The van der Waals surface area contributed by atoms with Crippen molar-refractivity contribution in [1.29, 1.82) is 0 Å². The number of ether oxygens (including phenoxy) is 1. The van der Waals surface area contributed by atoms with E-state index in [1.54, 1.807) is 0 Å². The average molecular weight is 383 g/mol. The van der Waals surface area contributed by atoms with Crippen LogP contribution in [0.4, 0.5) is 0 Å². The van der Waals surface area contributed by atoms with Gasteiger partial charge in [-0.3, -0.25) is 4.79 Å². The smallest absolute Gasteiger partial charge is 0.235 e. The maximum absolute atomic E-state index is 12.1. The molecule has 1 aromatic carbocycles. The number of amides is 1. The number of hydrogen-bond donors (Lipinski definition) is 1. The zero-order valence-electron chi connectivity index (χ0n) is 15.7. The van der Waals surface area contributed by atoms with Crippen molar-refractivity contribution in [3.8, 4) is 0 Å². The molecule has 6 nitrogen and oxygen atoms in total. The van der Waals surface area contributed by atoms with Crippen LogP contribution in [0.15, 0.2) is 24.3 Å². The molecule has 1 amide bonds. The summed E-state index contributed by atoms with van der Waals surface area (Å²) in [5, 5.41) is 2.78. The van der Waals surface area contributed by atoms with Crippen molar-refractivity contribution in [2.75, 3.05) is 26.0 Å². The minimum Gasteiger partial charge on any atom is -0.378 e. The predicted octanol–water partition coefficient (Wildman–Crippen LogP) is 2.22. The molecule has 0 unspecified atom stereocenters. The van der Waals surface area contributed by atoms with Gasteiger partial charge in [-0.15, -0.1) is 0 Å². The van der Waals surface area contributed by atoms with Crippen molar-refractivity contribution in [1.82, 2.24) is 9.62 Å². The largest absolute Gasteiger partial charge is 0.378 e. The first kappa shape index (κ1) is 20.9. The Balaban J connectivity index is 1.74. The van der Waals surface area contributed by atoms with E-state index in [2.05, 4.69) is 5.32 Å². The van der Waals surface area contributed by atoms with Gasteiger partial charge in [-0.05, 0) is 31.7 Å². The van der Waals surface area contributed by atoms with E-state index in [1.165, 1.54) is 17.1 Å². The summed E-state index contributed by atoms with van der Waals surface area (Å²) in [5.74, 6) is -0.289. The molecule has 1 aliphatic carbocycles. The number of carbonyl (C=O) groups is 1. The first-order valence-electron chi connectivity index (χ1n) is 9.23. The first-order chi connectivity index (χ1) is 12.3. The lowest BCUT2D eigenvalue weighted by molar-refractivity contribution is -0.121. The Hall–Kier alpha value is -1.44. The minimum atomic E-state index is -3.47. The normalized spacial score (nSPS) is 15.5. The van der Waals surface area contributed by atoms with Gasteiger partial charge in [0.25, 0.3) is 0 Å². The summed E-state index contributed by atoms with van der Waals surface area (Å²) in [6.45, 7) is 3.12. The summed E-state index contributed by atoms with van der Waals surface area (Å²) < 4.78 is 30.9. The summed E-state index contributed by atoms with van der Waals surface area (Å²) >= 11 is 0. The Morgan fingerprint density at radius 1 is 1.23 bits per heavy atom. The lowest BCUT2D eigenvalue weighted by atomic mass is 10.1. The van der Waals surface area contributed by atoms with Gasteiger partial charge in [0.15, 0.2) is 0 Å². The molecule has 26 heavy (non-hydrogen) atoms. The molecular weight excluding hydrogens is 352 g/mol. The number of hydrogen-bond acceptors (Lipinski definition) is 4. The van der Waals surface area contributed by atoms with Crippen LogP contribution in [0.2, 0.25) is 0 Å². The number of benzene rings is 1. The molecule has 2 rings (SSSR count). The van der Waals surface area contributed by atoms with E-state index >= 15 is 0 Å². The highest BCUT2D eigenvalue weighted by atomic mass is 32.2. The van der Waals surface area contributed by atoms with E-state index in [0.717, 1.165) is 36.6 Å². The van der Waals surface area contributed by atoms with Crippen LogP contribution in [0.25, 0.3) is 0 Å². The molecule has 1 aromatic rings. The van der Waals surface area contributed by atoms with Crippen molar-refractivity contribution < 1.29 is 17.9 Å². The Labute approximate surface area is 157 Å². The second-order valence-corrected chi connectivity index (χ2v) is 8.98. The third-order valence-electron chi connectivity index (χ3n) is 4.57. The highest BCUT2D eigenvalue weighted by Crippen LogP contribution is 2.20. The molecule has 0 saturated heterocycles. The zero-order valence-corrected chi connectivity index (χ0v) is 16.6. The van der Waals surface area contributed by atoms with E-state index in [9.17, 15) is 13.2 Å². The number of aryl methyl sites for hydroxylation is 1. The molecule has 0 atom stereocenters. The van der Waals surface area contributed by atoms with Crippen LogP contribution in [0.5, 0.6) is 0 Å². The highest BCUT2D eigenvalue weighted by Gasteiger charge is 2.20. The molecule has 0 radical (unpaired) electrons. The number of nitrogens with one attached hydrogen (secondary N) is 1. The maximum atomic E-state index is 12.1. The maximum Gasteiger partial charge on any atom is 0.235 e. The van der Waals surface area contributed by atoms with Crippen molar-refractivity contribution in [2.45, 2.75) is 51.7 Å². The van der Waals surface area contributed by atoms with Crippen molar-refractivity contribution in [3.05, 3.63) is 35.4 Å². The molecule has 1 aliphatic rings. The minimum absolute atomic E-state index is 0.170. The molecular formula is C19H30N2O4S. The quantitative estimate of drug-likeness (QED) is 0.630. The van der Waals surface area contributed by atoms with E-state index in [4.69, 9.17) is 4.74 Å². The molecule has 7 heteroatoms. The second-order valence-electron chi connectivity index (χ2n) is 7.00. The summed E-state index contributed by atoms with van der Waals surface area (Å²) in [6, 6.07) is 7.62. The fraction of sp³-hybridized carbons (Fsp3) is 0.632. The summed E-state index contributed by atoms with van der Waals surface area (Å²) in [7, 11) is -3.47.